The molecule has 2 aliphatic heterocycles. The van der Waals surface area contributed by atoms with Crippen molar-refractivity contribution in [3.63, 3.8) is 0 Å². The average Bonchev–Trinajstić information content (AvgIpc) is 3.38. The number of aryl methyl sites for hydroxylation is 1. The molecule has 30 heavy (non-hydrogen) atoms. The van der Waals surface area contributed by atoms with Crippen LogP contribution in [0.2, 0.25) is 0 Å². The van der Waals surface area contributed by atoms with Crippen LogP contribution in [0.1, 0.15) is 41.1 Å². The zero-order valence-corrected chi connectivity index (χ0v) is 17.1. The van der Waals surface area contributed by atoms with Crippen LogP contribution in [-0.4, -0.2) is 48.2 Å². The van der Waals surface area contributed by atoms with E-state index in [4.69, 9.17) is 14.0 Å². The van der Waals surface area contributed by atoms with Crippen LogP contribution >= 0.6 is 0 Å². The number of ether oxygens (including phenoxy) is 1. The maximum atomic E-state index is 12.7. The fraction of sp³-hybridized carbons (Fsp3) is 0.409. The first-order chi connectivity index (χ1) is 14.5. The Morgan fingerprint density at radius 2 is 1.90 bits per heavy atom. The van der Waals surface area contributed by atoms with E-state index in [9.17, 15) is 9.59 Å². The lowest BCUT2D eigenvalue weighted by Crippen LogP contribution is -2.47. The highest BCUT2D eigenvalue weighted by molar-refractivity contribution is 6.39. The Kier molecular flexibility index (Phi) is 5.48. The second-order valence-corrected chi connectivity index (χ2v) is 7.70. The fourth-order valence-corrected chi connectivity index (χ4v) is 3.79. The van der Waals surface area contributed by atoms with Gasteiger partial charge in [-0.1, -0.05) is 5.16 Å². The second kappa shape index (κ2) is 8.22. The van der Waals surface area contributed by atoms with Crippen LogP contribution in [-0.2, 0) is 16.2 Å². The molecule has 8 heteroatoms. The van der Waals surface area contributed by atoms with Crippen LogP contribution in [0.15, 0.2) is 46.0 Å². The first kappa shape index (κ1) is 20.0. The summed E-state index contributed by atoms with van der Waals surface area (Å²) in [7, 11) is 1.59. The van der Waals surface area contributed by atoms with E-state index in [1.165, 1.54) is 0 Å². The lowest BCUT2D eigenvalue weighted by Gasteiger charge is -2.37. The topological polar surface area (TPSA) is 93.4 Å². The second-order valence-electron chi connectivity index (χ2n) is 7.70. The summed E-state index contributed by atoms with van der Waals surface area (Å²) in [5, 5.41) is 6.85. The van der Waals surface area contributed by atoms with Crippen LogP contribution in [0.3, 0.4) is 0 Å². The van der Waals surface area contributed by atoms with Crippen LogP contribution < -0.4 is 10.1 Å². The third-order valence-electron chi connectivity index (χ3n) is 5.62. The zero-order chi connectivity index (χ0) is 21.1. The molecule has 8 nitrogen and oxygen atoms in total. The number of hydrogen-bond acceptors (Lipinski definition) is 6. The molecule has 158 valence electrons. The lowest BCUT2D eigenvalue weighted by molar-refractivity contribution is -0.115. The molecule has 1 N–H and O–H groups in total. The molecule has 0 radical (unpaired) electrons. The molecule has 3 heterocycles. The summed E-state index contributed by atoms with van der Waals surface area (Å²) in [5.74, 6) is 1.94. The minimum absolute atomic E-state index is 0.0156. The van der Waals surface area contributed by atoms with Gasteiger partial charge in [0.25, 0.3) is 11.8 Å². The van der Waals surface area contributed by atoms with Crippen molar-refractivity contribution < 1.29 is 23.6 Å². The zero-order valence-electron chi connectivity index (χ0n) is 17.1. The van der Waals surface area contributed by atoms with Crippen molar-refractivity contribution in [3.8, 4) is 5.75 Å². The predicted molar refractivity (Wildman–Crippen MR) is 109 cm³/mol. The molecule has 0 atom stereocenters. The Morgan fingerprint density at radius 1 is 1.17 bits per heavy atom. The van der Waals surface area contributed by atoms with Crippen LogP contribution in [0.5, 0.6) is 5.75 Å². The van der Waals surface area contributed by atoms with E-state index in [2.05, 4.69) is 10.5 Å². The molecule has 1 saturated heterocycles. The Balaban J connectivity index is 1.28. The highest BCUT2D eigenvalue weighted by Gasteiger charge is 2.44. The lowest BCUT2D eigenvalue weighted by atomic mass is 9.86. The van der Waals surface area contributed by atoms with Crippen molar-refractivity contribution in [3.05, 3.63) is 53.5 Å². The third kappa shape index (κ3) is 4.17. The SMILES string of the molecule is COc1ccc(C(=O)N2CCC3(CC2)CC(C(=O)NCc2ccc(C)o2)=NO3)cc1. The number of carbonyl (C=O) groups is 2. The third-order valence-corrected chi connectivity index (χ3v) is 5.62. The predicted octanol–water partition coefficient (Wildman–Crippen LogP) is 2.66. The number of benzene rings is 1. The summed E-state index contributed by atoms with van der Waals surface area (Å²) in [4.78, 5) is 32.7. The quantitative estimate of drug-likeness (QED) is 0.817. The molecule has 0 aliphatic carbocycles. The summed E-state index contributed by atoms with van der Waals surface area (Å²) in [6.07, 6.45) is 1.71. The Labute approximate surface area is 174 Å². The number of rotatable bonds is 5. The van der Waals surface area contributed by atoms with E-state index >= 15 is 0 Å². The van der Waals surface area contributed by atoms with Crippen molar-refractivity contribution >= 4 is 17.5 Å². The molecule has 2 amide bonds. The minimum Gasteiger partial charge on any atom is -0.497 e. The van der Waals surface area contributed by atoms with Gasteiger partial charge in [0.2, 0.25) is 0 Å². The number of piperidine rings is 1. The van der Waals surface area contributed by atoms with Gasteiger partial charge in [-0.15, -0.1) is 0 Å². The molecule has 1 aromatic carbocycles. The van der Waals surface area contributed by atoms with Gasteiger partial charge in [-0.25, -0.2) is 0 Å². The summed E-state index contributed by atoms with van der Waals surface area (Å²) < 4.78 is 10.6. The molecule has 0 unspecified atom stereocenters. The Bertz CT molecular complexity index is 955. The number of oxime groups is 1. The van der Waals surface area contributed by atoms with Crippen molar-refractivity contribution in [1.29, 1.82) is 0 Å². The molecule has 4 rings (SSSR count). The van der Waals surface area contributed by atoms with Crippen molar-refractivity contribution in [2.75, 3.05) is 20.2 Å². The van der Waals surface area contributed by atoms with Gasteiger partial charge in [0.15, 0.2) is 0 Å². The summed E-state index contributed by atoms with van der Waals surface area (Å²) in [6, 6.07) is 10.8. The minimum atomic E-state index is -0.509. The van der Waals surface area contributed by atoms with Gasteiger partial charge in [-0.2, -0.15) is 0 Å². The van der Waals surface area contributed by atoms with Gasteiger partial charge in [-0.3, -0.25) is 9.59 Å². The monoisotopic (exact) mass is 411 g/mol. The van der Waals surface area contributed by atoms with E-state index < -0.39 is 5.60 Å². The molecule has 1 aromatic heterocycles. The number of furan rings is 1. The molecule has 0 bridgehead atoms. The first-order valence-electron chi connectivity index (χ1n) is 10.00. The number of carbonyl (C=O) groups excluding carboxylic acids is 2. The number of amides is 2. The number of nitrogens with one attached hydrogen (secondary N) is 1. The fourth-order valence-electron chi connectivity index (χ4n) is 3.79. The van der Waals surface area contributed by atoms with Crippen LogP contribution in [0, 0.1) is 6.92 Å². The number of likely N-dealkylation sites (tertiary alicyclic amines) is 1. The maximum Gasteiger partial charge on any atom is 0.269 e. The van der Waals surface area contributed by atoms with E-state index in [1.54, 1.807) is 31.4 Å². The van der Waals surface area contributed by atoms with E-state index in [-0.39, 0.29) is 11.8 Å². The smallest absolute Gasteiger partial charge is 0.269 e. The number of nitrogens with zero attached hydrogens (tertiary/aromatic N) is 2. The molecular formula is C22H25N3O5. The summed E-state index contributed by atoms with van der Waals surface area (Å²) in [5.41, 5.74) is 0.502. The highest BCUT2D eigenvalue weighted by atomic mass is 16.7. The molecule has 2 aromatic rings. The average molecular weight is 411 g/mol. The maximum absolute atomic E-state index is 12.7. The Morgan fingerprint density at radius 3 is 2.53 bits per heavy atom. The number of hydrogen-bond donors (Lipinski definition) is 1. The van der Waals surface area contributed by atoms with Gasteiger partial charge in [0, 0.05) is 37.9 Å². The normalized spacial score (nSPS) is 17.4. The van der Waals surface area contributed by atoms with E-state index in [1.807, 2.05) is 24.0 Å². The van der Waals surface area contributed by atoms with Gasteiger partial charge >= 0.3 is 0 Å². The molecular weight excluding hydrogens is 386 g/mol. The van der Waals surface area contributed by atoms with Gasteiger partial charge in [-0.05, 0) is 43.3 Å². The molecule has 1 spiro atoms. The van der Waals surface area contributed by atoms with Crippen LogP contribution in [0.4, 0.5) is 0 Å². The van der Waals surface area contributed by atoms with Crippen LogP contribution in [0.25, 0.3) is 0 Å². The molecule has 1 fully saturated rings. The van der Waals surface area contributed by atoms with Gasteiger partial charge in [0.05, 0.1) is 13.7 Å². The summed E-state index contributed by atoms with van der Waals surface area (Å²) >= 11 is 0. The van der Waals surface area contributed by atoms with E-state index in [0.717, 1.165) is 5.76 Å². The van der Waals surface area contributed by atoms with Crippen molar-refractivity contribution in [2.24, 2.45) is 5.16 Å². The summed E-state index contributed by atoms with van der Waals surface area (Å²) in [6.45, 7) is 3.28. The molecule has 0 saturated carbocycles. The van der Waals surface area contributed by atoms with Gasteiger partial charge in [0.1, 0.15) is 28.6 Å². The molecule has 2 aliphatic rings. The number of methoxy groups -OCH3 is 1. The highest BCUT2D eigenvalue weighted by Crippen LogP contribution is 2.35. The van der Waals surface area contributed by atoms with Crippen molar-refractivity contribution in [1.82, 2.24) is 10.2 Å². The largest absolute Gasteiger partial charge is 0.497 e. The standard InChI is InChI=1S/C22H25N3O5/c1-15-3-6-18(29-15)14-23-20(26)19-13-22(30-24-19)9-11-25(12-10-22)21(27)16-4-7-17(28-2)8-5-16/h3-8H,9-14H2,1-2H3,(H,23,26). The van der Waals surface area contributed by atoms with E-state index in [0.29, 0.717) is 61.7 Å². The Hall–Kier alpha value is -3.29. The van der Waals surface area contributed by atoms with Gasteiger partial charge < -0.3 is 24.2 Å². The first-order valence-corrected chi connectivity index (χ1v) is 10.00. The van der Waals surface area contributed by atoms with Crippen molar-refractivity contribution in [2.45, 2.75) is 38.3 Å².